The zero-order chi connectivity index (χ0) is 21.5. The molecule has 0 radical (unpaired) electrons. The Labute approximate surface area is 201 Å². The van der Waals surface area contributed by atoms with Gasteiger partial charge in [-0.15, -0.1) is 0 Å². The van der Waals surface area contributed by atoms with Crippen molar-refractivity contribution < 1.29 is 13.1 Å². The third kappa shape index (κ3) is 3.91. The van der Waals surface area contributed by atoms with Gasteiger partial charge in [0.15, 0.2) is 5.70 Å². The van der Waals surface area contributed by atoms with Crippen LogP contribution >= 0.6 is 45.2 Å². The van der Waals surface area contributed by atoms with Gasteiger partial charge in [0.2, 0.25) is 0 Å². The van der Waals surface area contributed by atoms with Crippen LogP contribution in [0.25, 0.3) is 5.57 Å². The van der Waals surface area contributed by atoms with Crippen molar-refractivity contribution in [2.24, 2.45) is 0 Å². The van der Waals surface area contributed by atoms with Crippen LogP contribution < -0.4 is 0 Å². The lowest BCUT2D eigenvalue weighted by atomic mass is 9.84. The number of rotatable bonds is 8. The van der Waals surface area contributed by atoms with E-state index < -0.39 is 6.97 Å². The average Bonchev–Trinajstić information content (AvgIpc) is 3.05. The summed E-state index contributed by atoms with van der Waals surface area (Å²) < 4.78 is 36.2. The van der Waals surface area contributed by atoms with Crippen LogP contribution in [0.4, 0.5) is 8.63 Å². The molecule has 160 valence electrons. The van der Waals surface area contributed by atoms with Crippen LogP contribution in [-0.4, -0.2) is 21.6 Å². The molecule has 29 heavy (non-hydrogen) atoms. The second kappa shape index (κ2) is 9.13. The van der Waals surface area contributed by atoms with E-state index in [2.05, 4.69) is 52.1 Å². The molecule has 0 aromatic carbocycles. The van der Waals surface area contributed by atoms with Crippen molar-refractivity contribution in [3.8, 4) is 0 Å². The van der Waals surface area contributed by atoms with Crippen LogP contribution in [-0.2, 0) is 0 Å². The predicted octanol–water partition coefficient (Wildman–Crippen LogP) is 7.99. The number of aromatic nitrogens is 1. The molecule has 1 aromatic heterocycles. The van der Waals surface area contributed by atoms with E-state index >= 15 is 8.63 Å². The smallest absolute Gasteiger partial charge is 0.393 e. The molecule has 0 saturated heterocycles. The molecule has 2 aliphatic heterocycles. The fraction of sp³-hybridized carbons (Fsp3) is 0.591. The van der Waals surface area contributed by atoms with Gasteiger partial charge < -0.3 is 17.6 Å². The molecule has 3 heterocycles. The Bertz CT molecular complexity index is 926. The van der Waals surface area contributed by atoms with E-state index in [9.17, 15) is 0 Å². The maximum atomic E-state index is 15.8. The molecule has 3 rings (SSSR count). The van der Waals surface area contributed by atoms with Gasteiger partial charge in [0.25, 0.3) is 0 Å². The lowest BCUT2D eigenvalue weighted by Gasteiger charge is -2.33. The van der Waals surface area contributed by atoms with Crippen molar-refractivity contribution >= 4 is 63.4 Å². The van der Waals surface area contributed by atoms with E-state index in [1.165, 1.54) is 47.5 Å². The highest BCUT2D eigenvalue weighted by atomic mass is 127. The first-order chi connectivity index (χ1) is 13.7. The summed E-state index contributed by atoms with van der Waals surface area (Å²) in [4.78, 5) is 0. The fourth-order valence-corrected chi connectivity index (χ4v) is 5.93. The summed E-state index contributed by atoms with van der Waals surface area (Å²) in [5.41, 5.74) is 6.03. The minimum atomic E-state index is -3.88. The summed E-state index contributed by atoms with van der Waals surface area (Å²) in [6.07, 6.45) is 9.48. The van der Waals surface area contributed by atoms with Crippen molar-refractivity contribution in [1.82, 2.24) is 4.48 Å². The molecule has 2 aliphatic rings. The molecule has 0 unspecified atom stereocenters. The highest BCUT2D eigenvalue weighted by molar-refractivity contribution is 14.1. The summed E-state index contributed by atoms with van der Waals surface area (Å²) in [7, 11) is 0. The van der Waals surface area contributed by atoms with Crippen LogP contribution in [0.15, 0.2) is 14.8 Å². The van der Waals surface area contributed by atoms with E-state index in [0.717, 1.165) is 48.1 Å². The van der Waals surface area contributed by atoms with E-state index in [1.807, 2.05) is 27.7 Å². The van der Waals surface area contributed by atoms with Crippen LogP contribution in [0, 0.1) is 17.4 Å². The minimum absolute atomic E-state index is 0.687. The molecule has 0 atom stereocenters. The highest BCUT2D eigenvalue weighted by Crippen LogP contribution is 2.46. The Kier molecular flexibility index (Phi) is 7.39. The SMILES string of the molecule is CCCCCCCCCC1=C2C(C)=C(I)C(C)=[N+]2[B-](F)(F)n2c(C)c(I)c(C)c21. The van der Waals surface area contributed by atoms with Crippen molar-refractivity contribution in [3.63, 3.8) is 0 Å². The molecule has 0 fully saturated rings. The molecule has 0 amide bonds. The van der Waals surface area contributed by atoms with E-state index in [4.69, 9.17) is 0 Å². The van der Waals surface area contributed by atoms with Crippen LogP contribution in [0.3, 0.4) is 0 Å². The Morgan fingerprint density at radius 2 is 1.52 bits per heavy atom. The Hall–Kier alpha value is -0.185. The molecule has 1 aromatic rings. The molecule has 0 spiro atoms. The van der Waals surface area contributed by atoms with Gasteiger partial charge in [0.1, 0.15) is 5.71 Å². The zero-order valence-corrected chi connectivity index (χ0v) is 22.5. The normalized spacial score (nSPS) is 18.1. The van der Waals surface area contributed by atoms with Crippen LogP contribution in [0.2, 0.25) is 0 Å². The monoisotopic (exact) mass is 626 g/mol. The van der Waals surface area contributed by atoms with Gasteiger partial charge in [-0.25, -0.2) is 0 Å². The number of fused-ring (bicyclic) bond motifs is 2. The maximum Gasteiger partial charge on any atom is 0.737 e. The number of halogens is 4. The molecular weight excluding hydrogens is 595 g/mol. The van der Waals surface area contributed by atoms with Gasteiger partial charge in [-0.1, -0.05) is 45.4 Å². The van der Waals surface area contributed by atoms with E-state index in [1.54, 1.807) is 0 Å². The zero-order valence-electron chi connectivity index (χ0n) is 18.1. The molecule has 0 aliphatic carbocycles. The molecule has 7 heteroatoms. The molecule has 2 nitrogen and oxygen atoms in total. The summed E-state index contributed by atoms with van der Waals surface area (Å²) >= 11 is 4.47. The predicted molar refractivity (Wildman–Crippen MR) is 137 cm³/mol. The largest absolute Gasteiger partial charge is 0.737 e. The number of hydrogen-bond donors (Lipinski definition) is 0. The van der Waals surface area contributed by atoms with Gasteiger partial charge >= 0.3 is 6.97 Å². The fourth-order valence-electron chi connectivity index (χ4n) is 4.90. The van der Waals surface area contributed by atoms with E-state index in [-0.39, 0.29) is 0 Å². The molecular formula is C22H31BF2I2N2. The van der Waals surface area contributed by atoms with Gasteiger partial charge in [-0.05, 0) is 90.1 Å². The Balaban J connectivity index is 2.01. The van der Waals surface area contributed by atoms with Crippen LogP contribution in [0.5, 0.6) is 0 Å². The summed E-state index contributed by atoms with van der Waals surface area (Å²) in [6.45, 7) is 6.03. The number of unbranched alkanes of at least 4 members (excludes halogenated alkanes) is 6. The van der Waals surface area contributed by atoms with Crippen LogP contribution in [0.1, 0.15) is 89.1 Å². The molecule has 0 N–H and O–H groups in total. The van der Waals surface area contributed by atoms with Crippen molar-refractivity contribution in [3.05, 3.63) is 35.4 Å². The number of allylic oxidation sites excluding steroid dienone is 3. The minimum Gasteiger partial charge on any atom is -0.393 e. The second-order valence-corrected chi connectivity index (χ2v) is 10.6. The Morgan fingerprint density at radius 3 is 2.14 bits per heavy atom. The van der Waals surface area contributed by atoms with Gasteiger partial charge in [-0.2, -0.15) is 0 Å². The molecule has 0 bridgehead atoms. The average molecular weight is 626 g/mol. The van der Waals surface area contributed by atoms with Gasteiger partial charge in [0, 0.05) is 27.3 Å². The van der Waals surface area contributed by atoms with Gasteiger partial charge in [0.05, 0.1) is 3.58 Å². The van der Waals surface area contributed by atoms with Crippen molar-refractivity contribution in [1.29, 1.82) is 0 Å². The summed E-state index contributed by atoms with van der Waals surface area (Å²) in [5, 5.41) is 0. The highest BCUT2D eigenvalue weighted by Gasteiger charge is 2.56. The third-order valence-corrected chi connectivity index (χ3v) is 9.61. The first-order valence-corrected chi connectivity index (χ1v) is 12.9. The first kappa shape index (κ1) is 23.5. The maximum absolute atomic E-state index is 15.8. The van der Waals surface area contributed by atoms with Gasteiger partial charge in [-0.3, -0.25) is 0 Å². The molecule has 0 saturated carbocycles. The lowest BCUT2D eigenvalue weighted by molar-refractivity contribution is -0.363. The number of hydrogen-bond acceptors (Lipinski definition) is 0. The van der Waals surface area contributed by atoms with Crippen molar-refractivity contribution in [2.45, 2.75) is 86.0 Å². The standard InChI is InChI=1S/C22H31BF2I2N2/c1-6-7-8-9-10-11-12-13-18-21-14(2)19(26)16(4)28(21)23(24,25)29-17(5)20(27)15(3)22(18)29/h6-13H2,1-5H3. The lowest BCUT2D eigenvalue weighted by Crippen LogP contribution is -2.51. The second-order valence-electron chi connectivity index (χ2n) is 8.42. The number of nitrogens with zero attached hydrogens (tertiary/aromatic N) is 2. The Morgan fingerprint density at radius 1 is 0.931 bits per heavy atom. The summed E-state index contributed by atoms with van der Waals surface area (Å²) in [6, 6.07) is 0. The third-order valence-electron chi connectivity index (χ3n) is 6.43. The topological polar surface area (TPSA) is 7.94 Å². The first-order valence-electron chi connectivity index (χ1n) is 10.8. The quantitative estimate of drug-likeness (QED) is 0.157. The summed E-state index contributed by atoms with van der Waals surface area (Å²) in [5.74, 6) is 0. The van der Waals surface area contributed by atoms with E-state index in [0.29, 0.717) is 11.4 Å². The van der Waals surface area contributed by atoms with Crippen molar-refractivity contribution in [2.75, 3.05) is 0 Å².